The van der Waals surface area contributed by atoms with Crippen LogP contribution in [0.3, 0.4) is 0 Å². The van der Waals surface area contributed by atoms with E-state index in [2.05, 4.69) is 33.9 Å². The Kier molecular flexibility index (Phi) is 8.04. The van der Waals surface area contributed by atoms with E-state index in [9.17, 15) is 4.79 Å². The lowest BCUT2D eigenvalue weighted by Gasteiger charge is -2.14. The number of rotatable bonds is 9. The molecule has 1 N–H and O–H groups in total. The lowest BCUT2D eigenvalue weighted by atomic mass is 10.2. The molecule has 0 spiro atoms. The number of aromatic nitrogens is 3. The maximum Gasteiger partial charge on any atom is 0.234 e. The van der Waals surface area contributed by atoms with Gasteiger partial charge in [-0.3, -0.25) is 4.79 Å². The number of methoxy groups -OCH3 is 2. The molecule has 170 valence electrons. The van der Waals surface area contributed by atoms with Gasteiger partial charge in [-0.2, -0.15) is 0 Å². The van der Waals surface area contributed by atoms with Crippen LogP contribution in [-0.4, -0.2) is 40.6 Å². The van der Waals surface area contributed by atoms with E-state index in [1.165, 1.54) is 11.8 Å². The van der Waals surface area contributed by atoms with Gasteiger partial charge >= 0.3 is 0 Å². The van der Waals surface area contributed by atoms with Gasteiger partial charge in [0.25, 0.3) is 0 Å². The fourth-order valence-electron chi connectivity index (χ4n) is 3.13. The Hall–Kier alpha value is -2.71. The maximum atomic E-state index is 12.6. The number of carbonyl (C=O) groups is 1. The zero-order chi connectivity index (χ0) is 23.3. The summed E-state index contributed by atoms with van der Waals surface area (Å²) in [5.74, 6) is 2.47. The molecule has 3 aromatic rings. The van der Waals surface area contributed by atoms with Gasteiger partial charge < -0.3 is 19.4 Å². The van der Waals surface area contributed by atoms with Crippen LogP contribution in [0.25, 0.3) is 11.4 Å². The average Bonchev–Trinajstić information content (AvgIpc) is 3.16. The second kappa shape index (κ2) is 10.7. The number of benzene rings is 2. The third kappa shape index (κ3) is 5.75. The van der Waals surface area contributed by atoms with E-state index >= 15 is 0 Å². The summed E-state index contributed by atoms with van der Waals surface area (Å²) in [6, 6.07) is 11.2. The molecule has 0 fully saturated rings. The first kappa shape index (κ1) is 23.9. The SMILES string of the molecule is COc1ccc(-c2nnc(SCC(=O)Nc3cc(C)c(Cl)cc3OC)n2CC(C)C)cc1. The number of hydrogen-bond donors (Lipinski definition) is 1. The van der Waals surface area contributed by atoms with Crippen molar-refractivity contribution >= 4 is 35.0 Å². The second-order valence-corrected chi connectivity index (χ2v) is 9.03. The first-order valence-corrected chi connectivity index (χ1v) is 11.5. The molecule has 3 rings (SSSR count). The fraction of sp³-hybridized carbons (Fsp3) is 0.348. The first-order chi connectivity index (χ1) is 15.3. The summed E-state index contributed by atoms with van der Waals surface area (Å²) >= 11 is 7.50. The van der Waals surface area contributed by atoms with Gasteiger partial charge in [-0.1, -0.05) is 37.2 Å². The highest BCUT2D eigenvalue weighted by Gasteiger charge is 2.18. The van der Waals surface area contributed by atoms with Crippen LogP contribution in [0.1, 0.15) is 19.4 Å². The minimum atomic E-state index is -0.167. The van der Waals surface area contributed by atoms with Crippen molar-refractivity contribution in [2.75, 3.05) is 25.3 Å². The predicted molar refractivity (Wildman–Crippen MR) is 129 cm³/mol. The summed E-state index contributed by atoms with van der Waals surface area (Å²) in [4.78, 5) is 12.6. The molecule has 1 aromatic heterocycles. The number of thioether (sulfide) groups is 1. The number of nitrogens with one attached hydrogen (secondary N) is 1. The number of halogens is 1. The molecule has 0 saturated carbocycles. The molecule has 0 saturated heterocycles. The van der Waals surface area contributed by atoms with Crippen LogP contribution in [0.4, 0.5) is 5.69 Å². The van der Waals surface area contributed by atoms with Crippen molar-refractivity contribution in [3.05, 3.63) is 47.0 Å². The lowest BCUT2D eigenvalue weighted by Crippen LogP contribution is -2.16. The molecular formula is C23H27ClN4O3S. The standard InChI is InChI=1S/C23H27ClN4O3S/c1-14(2)12-28-22(16-6-8-17(30-4)9-7-16)26-27-23(28)32-13-21(29)25-19-10-15(3)18(24)11-20(19)31-5/h6-11,14H,12-13H2,1-5H3,(H,25,29). The van der Waals surface area contributed by atoms with E-state index in [-0.39, 0.29) is 11.7 Å². The largest absolute Gasteiger partial charge is 0.497 e. The van der Waals surface area contributed by atoms with Gasteiger partial charge in [0.2, 0.25) is 5.91 Å². The molecule has 9 heteroatoms. The van der Waals surface area contributed by atoms with Gasteiger partial charge in [-0.05, 0) is 48.7 Å². The Balaban J connectivity index is 1.76. The van der Waals surface area contributed by atoms with Gasteiger partial charge in [0.15, 0.2) is 11.0 Å². The van der Waals surface area contributed by atoms with Crippen LogP contribution in [-0.2, 0) is 11.3 Å². The van der Waals surface area contributed by atoms with E-state index in [4.69, 9.17) is 21.1 Å². The van der Waals surface area contributed by atoms with Crippen molar-refractivity contribution < 1.29 is 14.3 Å². The third-order valence-corrected chi connectivity index (χ3v) is 6.07. The third-order valence-electron chi connectivity index (χ3n) is 4.70. The molecule has 2 aromatic carbocycles. The highest BCUT2D eigenvalue weighted by molar-refractivity contribution is 7.99. The first-order valence-electron chi connectivity index (χ1n) is 10.2. The van der Waals surface area contributed by atoms with Crippen LogP contribution in [0.5, 0.6) is 11.5 Å². The second-order valence-electron chi connectivity index (χ2n) is 7.68. The van der Waals surface area contributed by atoms with E-state index in [1.54, 1.807) is 26.4 Å². The van der Waals surface area contributed by atoms with Gasteiger partial charge in [-0.15, -0.1) is 10.2 Å². The van der Waals surface area contributed by atoms with Crippen molar-refractivity contribution in [2.24, 2.45) is 5.92 Å². The number of ether oxygens (including phenoxy) is 2. The van der Waals surface area contributed by atoms with Gasteiger partial charge in [0.1, 0.15) is 11.5 Å². The smallest absolute Gasteiger partial charge is 0.234 e. The highest BCUT2D eigenvalue weighted by Crippen LogP contribution is 2.31. The summed E-state index contributed by atoms with van der Waals surface area (Å²) in [7, 11) is 3.18. The summed E-state index contributed by atoms with van der Waals surface area (Å²) in [5, 5.41) is 12.9. The van der Waals surface area contributed by atoms with Crippen LogP contribution >= 0.6 is 23.4 Å². The number of carbonyl (C=O) groups excluding carboxylic acids is 1. The Labute approximate surface area is 197 Å². The molecule has 0 atom stereocenters. The lowest BCUT2D eigenvalue weighted by molar-refractivity contribution is -0.113. The fourth-order valence-corrected chi connectivity index (χ4v) is 4.03. The molecular weight excluding hydrogens is 448 g/mol. The van der Waals surface area contributed by atoms with Crippen molar-refractivity contribution in [1.29, 1.82) is 0 Å². The summed E-state index contributed by atoms with van der Waals surface area (Å²) in [6.45, 7) is 6.88. The van der Waals surface area contributed by atoms with Gasteiger partial charge in [0.05, 0.1) is 25.7 Å². The van der Waals surface area contributed by atoms with Crippen molar-refractivity contribution in [3.8, 4) is 22.9 Å². The molecule has 0 aliphatic heterocycles. The van der Waals surface area contributed by atoms with Gasteiger partial charge in [-0.25, -0.2) is 0 Å². The quantitative estimate of drug-likeness (QED) is 0.423. The zero-order valence-corrected chi connectivity index (χ0v) is 20.4. The monoisotopic (exact) mass is 474 g/mol. The van der Waals surface area contributed by atoms with Crippen LogP contribution in [0, 0.1) is 12.8 Å². The molecule has 0 unspecified atom stereocenters. The van der Waals surface area contributed by atoms with Crippen molar-refractivity contribution in [1.82, 2.24) is 14.8 Å². The highest BCUT2D eigenvalue weighted by atomic mass is 35.5. The van der Waals surface area contributed by atoms with E-state index in [0.717, 1.165) is 29.2 Å². The molecule has 7 nitrogen and oxygen atoms in total. The molecule has 32 heavy (non-hydrogen) atoms. The number of anilines is 1. The molecule has 0 radical (unpaired) electrons. The minimum absolute atomic E-state index is 0.167. The van der Waals surface area contributed by atoms with E-state index < -0.39 is 0 Å². The Morgan fingerprint density at radius 2 is 1.88 bits per heavy atom. The number of aryl methyl sites for hydroxylation is 1. The Bertz CT molecular complexity index is 1080. The Morgan fingerprint density at radius 1 is 1.16 bits per heavy atom. The van der Waals surface area contributed by atoms with E-state index in [0.29, 0.717) is 27.5 Å². The normalized spacial score (nSPS) is 11.0. The zero-order valence-electron chi connectivity index (χ0n) is 18.8. The number of hydrogen-bond acceptors (Lipinski definition) is 6. The maximum absolute atomic E-state index is 12.6. The number of nitrogens with zero attached hydrogens (tertiary/aromatic N) is 3. The van der Waals surface area contributed by atoms with Crippen molar-refractivity contribution in [2.45, 2.75) is 32.5 Å². The molecule has 0 aliphatic carbocycles. The van der Waals surface area contributed by atoms with Crippen LogP contribution < -0.4 is 14.8 Å². The predicted octanol–water partition coefficient (Wildman–Crippen LogP) is 5.31. The number of amides is 1. The van der Waals surface area contributed by atoms with Crippen molar-refractivity contribution in [3.63, 3.8) is 0 Å². The summed E-state index contributed by atoms with van der Waals surface area (Å²) in [6.07, 6.45) is 0. The average molecular weight is 475 g/mol. The molecule has 1 heterocycles. The molecule has 1 amide bonds. The van der Waals surface area contributed by atoms with Crippen LogP contribution in [0.15, 0.2) is 41.6 Å². The van der Waals surface area contributed by atoms with Gasteiger partial charge in [0, 0.05) is 23.2 Å². The minimum Gasteiger partial charge on any atom is -0.497 e. The summed E-state index contributed by atoms with van der Waals surface area (Å²) < 4.78 is 12.6. The van der Waals surface area contributed by atoms with E-state index in [1.807, 2.05) is 31.2 Å². The summed E-state index contributed by atoms with van der Waals surface area (Å²) in [5.41, 5.74) is 2.38. The topological polar surface area (TPSA) is 78.3 Å². The Morgan fingerprint density at radius 3 is 2.50 bits per heavy atom. The molecule has 0 bridgehead atoms. The van der Waals surface area contributed by atoms with Crippen LogP contribution in [0.2, 0.25) is 5.02 Å². The molecule has 0 aliphatic rings.